The van der Waals surface area contributed by atoms with Gasteiger partial charge in [-0.25, -0.2) is 4.39 Å². The fourth-order valence-electron chi connectivity index (χ4n) is 2.11. The zero-order valence-corrected chi connectivity index (χ0v) is 13.4. The number of benzene rings is 2. The molecule has 20 heavy (non-hydrogen) atoms. The van der Waals surface area contributed by atoms with Gasteiger partial charge in [-0.05, 0) is 48.0 Å². The molecule has 1 heterocycles. The highest BCUT2D eigenvalue weighted by atomic mass is 79.9. The second kappa shape index (κ2) is 5.31. The van der Waals surface area contributed by atoms with Gasteiger partial charge in [-0.1, -0.05) is 31.9 Å². The third-order valence-electron chi connectivity index (χ3n) is 3.05. The Balaban J connectivity index is 2.05. The molecule has 102 valence electrons. The van der Waals surface area contributed by atoms with Crippen molar-refractivity contribution < 1.29 is 8.81 Å². The van der Waals surface area contributed by atoms with Crippen LogP contribution in [0, 0.1) is 5.82 Å². The molecule has 2 nitrogen and oxygen atoms in total. The Kier molecular flexibility index (Phi) is 3.67. The summed E-state index contributed by atoms with van der Waals surface area (Å²) in [6.45, 7) is 0. The Hall–Kier alpha value is -1.17. The van der Waals surface area contributed by atoms with Gasteiger partial charge in [-0.2, -0.15) is 0 Å². The maximum atomic E-state index is 13.2. The van der Waals surface area contributed by atoms with E-state index in [4.69, 9.17) is 10.2 Å². The number of rotatable bonds is 2. The van der Waals surface area contributed by atoms with Gasteiger partial charge in [0.05, 0.1) is 6.04 Å². The van der Waals surface area contributed by atoms with E-state index in [1.165, 1.54) is 12.1 Å². The molecule has 1 aromatic heterocycles. The molecule has 0 aliphatic heterocycles. The molecule has 0 aliphatic carbocycles. The van der Waals surface area contributed by atoms with Crippen LogP contribution in [0.5, 0.6) is 0 Å². The summed E-state index contributed by atoms with van der Waals surface area (Å²) in [7, 11) is 0. The molecule has 0 bridgehead atoms. The molecule has 0 fully saturated rings. The number of halogens is 3. The van der Waals surface area contributed by atoms with Gasteiger partial charge in [-0.3, -0.25) is 0 Å². The number of hydrogen-bond acceptors (Lipinski definition) is 2. The van der Waals surface area contributed by atoms with E-state index in [1.54, 1.807) is 12.1 Å². The van der Waals surface area contributed by atoms with E-state index < -0.39 is 6.04 Å². The molecule has 3 rings (SSSR count). The van der Waals surface area contributed by atoms with Crippen molar-refractivity contribution in [2.45, 2.75) is 6.04 Å². The second-order valence-electron chi connectivity index (χ2n) is 4.51. The molecule has 1 unspecified atom stereocenters. The lowest BCUT2D eigenvalue weighted by atomic mass is 10.1. The predicted octanol–water partition coefficient (Wildman–Crippen LogP) is 5.15. The number of nitrogens with two attached hydrogens (primary N) is 1. The molecule has 0 saturated carbocycles. The highest BCUT2D eigenvalue weighted by molar-refractivity contribution is 9.11. The average molecular weight is 399 g/mol. The molecule has 0 saturated heterocycles. The first-order chi connectivity index (χ1) is 9.52. The summed E-state index contributed by atoms with van der Waals surface area (Å²) in [6.07, 6.45) is 0. The SMILES string of the molecule is NC(c1cc(Br)cc(Br)c1)c1cc2cc(F)ccc2o1. The molecule has 0 amide bonds. The van der Waals surface area contributed by atoms with E-state index in [0.29, 0.717) is 16.7 Å². The summed E-state index contributed by atoms with van der Waals surface area (Å²) in [5.41, 5.74) is 7.77. The van der Waals surface area contributed by atoms with Crippen molar-refractivity contribution in [3.63, 3.8) is 0 Å². The van der Waals surface area contributed by atoms with Gasteiger partial charge in [0.2, 0.25) is 0 Å². The van der Waals surface area contributed by atoms with Crippen molar-refractivity contribution in [2.24, 2.45) is 5.73 Å². The van der Waals surface area contributed by atoms with Gasteiger partial charge in [0, 0.05) is 14.3 Å². The van der Waals surface area contributed by atoms with E-state index in [-0.39, 0.29) is 5.82 Å². The Morgan fingerprint density at radius 2 is 1.70 bits per heavy atom. The number of hydrogen-bond donors (Lipinski definition) is 1. The molecule has 0 radical (unpaired) electrons. The van der Waals surface area contributed by atoms with E-state index >= 15 is 0 Å². The van der Waals surface area contributed by atoms with Crippen molar-refractivity contribution in [1.82, 2.24) is 0 Å². The molecular weight excluding hydrogens is 389 g/mol. The van der Waals surface area contributed by atoms with Gasteiger partial charge >= 0.3 is 0 Å². The van der Waals surface area contributed by atoms with Crippen molar-refractivity contribution in [3.8, 4) is 0 Å². The minimum Gasteiger partial charge on any atom is -0.459 e. The lowest BCUT2D eigenvalue weighted by molar-refractivity contribution is 0.524. The molecule has 5 heteroatoms. The van der Waals surface area contributed by atoms with Crippen LogP contribution in [0.1, 0.15) is 17.4 Å². The van der Waals surface area contributed by atoms with Crippen LogP contribution in [0.3, 0.4) is 0 Å². The predicted molar refractivity (Wildman–Crippen MR) is 84.0 cm³/mol. The number of furan rings is 1. The van der Waals surface area contributed by atoms with Gasteiger partial charge in [0.25, 0.3) is 0 Å². The third kappa shape index (κ3) is 2.66. The van der Waals surface area contributed by atoms with Crippen molar-refractivity contribution in [3.05, 3.63) is 68.6 Å². The quantitative estimate of drug-likeness (QED) is 0.648. The standard InChI is InChI=1S/C15H10Br2FNO/c16-10-3-9(4-11(17)7-10)15(19)14-6-8-5-12(18)1-2-13(8)20-14/h1-7,15H,19H2. The minimum absolute atomic E-state index is 0.288. The first-order valence-electron chi connectivity index (χ1n) is 5.93. The fraction of sp³-hybridized carbons (Fsp3) is 0.0667. The normalized spacial score (nSPS) is 12.8. The summed E-state index contributed by atoms with van der Waals surface area (Å²) in [6, 6.07) is 11.6. The van der Waals surface area contributed by atoms with Crippen LogP contribution in [0.25, 0.3) is 11.0 Å². The Morgan fingerprint density at radius 3 is 2.40 bits per heavy atom. The van der Waals surface area contributed by atoms with Crippen LogP contribution in [-0.2, 0) is 0 Å². The van der Waals surface area contributed by atoms with Crippen LogP contribution in [0.4, 0.5) is 4.39 Å². The summed E-state index contributed by atoms with van der Waals surface area (Å²) in [4.78, 5) is 0. The Labute approximate surface area is 132 Å². The summed E-state index contributed by atoms with van der Waals surface area (Å²) < 4.78 is 20.7. The molecule has 2 N–H and O–H groups in total. The summed E-state index contributed by atoms with van der Waals surface area (Å²) >= 11 is 6.86. The summed E-state index contributed by atoms with van der Waals surface area (Å²) in [5, 5.41) is 0.713. The summed E-state index contributed by atoms with van der Waals surface area (Å²) in [5.74, 6) is 0.319. The molecule has 0 aliphatic rings. The Morgan fingerprint density at radius 1 is 1.00 bits per heavy atom. The fourth-order valence-corrected chi connectivity index (χ4v) is 3.44. The van der Waals surface area contributed by atoms with E-state index in [1.807, 2.05) is 18.2 Å². The van der Waals surface area contributed by atoms with Crippen molar-refractivity contribution in [1.29, 1.82) is 0 Å². The van der Waals surface area contributed by atoms with Crippen molar-refractivity contribution in [2.75, 3.05) is 0 Å². The second-order valence-corrected chi connectivity index (χ2v) is 6.34. The first kappa shape index (κ1) is 13.8. The van der Waals surface area contributed by atoms with E-state index in [0.717, 1.165) is 14.5 Å². The van der Waals surface area contributed by atoms with E-state index in [2.05, 4.69) is 31.9 Å². The zero-order valence-electron chi connectivity index (χ0n) is 10.2. The van der Waals surface area contributed by atoms with Crippen LogP contribution >= 0.6 is 31.9 Å². The lowest BCUT2D eigenvalue weighted by Gasteiger charge is -2.10. The van der Waals surface area contributed by atoms with Crippen LogP contribution in [-0.4, -0.2) is 0 Å². The van der Waals surface area contributed by atoms with Crippen LogP contribution in [0.15, 0.2) is 55.8 Å². The van der Waals surface area contributed by atoms with Gasteiger partial charge in [-0.15, -0.1) is 0 Å². The number of fused-ring (bicyclic) bond motifs is 1. The van der Waals surface area contributed by atoms with Crippen molar-refractivity contribution >= 4 is 42.8 Å². The molecule has 3 aromatic rings. The Bertz CT molecular complexity index is 764. The van der Waals surface area contributed by atoms with E-state index in [9.17, 15) is 4.39 Å². The smallest absolute Gasteiger partial charge is 0.134 e. The highest BCUT2D eigenvalue weighted by Crippen LogP contribution is 2.30. The highest BCUT2D eigenvalue weighted by Gasteiger charge is 2.15. The maximum Gasteiger partial charge on any atom is 0.134 e. The molecule has 2 aromatic carbocycles. The minimum atomic E-state index is -0.403. The van der Waals surface area contributed by atoms with Gasteiger partial charge < -0.3 is 10.2 Å². The molecule has 1 atom stereocenters. The third-order valence-corrected chi connectivity index (χ3v) is 3.96. The molecular formula is C15H10Br2FNO. The van der Waals surface area contributed by atoms with Crippen LogP contribution < -0.4 is 5.73 Å². The first-order valence-corrected chi connectivity index (χ1v) is 7.52. The lowest BCUT2D eigenvalue weighted by Crippen LogP contribution is -2.10. The zero-order chi connectivity index (χ0) is 14.3. The molecule has 0 spiro atoms. The average Bonchev–Trinajstić information content (AvgIpc) is 2.79. The monoisotopic (exact) mass is 397 g/mol. The topological polar surface area (TPSA) is 39.2 Å². The van der Waals surface area contributed by atoms with Gasteiger partial charge in [0.1, 0.15) is 17.2 Å². The van der Waals surface area contributed by atoms with Crippen LogP contribution in [0.2, 0.25) is 0 Å². The maximum absolute atomic E-state index is 13.2. The van der Waals surface area contributed by atoms with Gasteiger partial charge in [0.15, 0.2) is 0 Å². The largest absolute Gasteiger partial charge is 0.459 e.